The Morgan fingerprint density at radius 3 is 2.60 bits per heavy atom. The molecule has 0 aliphatic rings. The summed E-state index contributed by atoms with van der Waals surface area (Å²) in [4.78, 5) is 16.5. The Morgan fingerprint density at radius 2 is 1.88 bits per heavy atom. The van der Waals surface area contributed by atoms with Gasteiger partial charge in [-0.05, 0) is 49.4 Å². The maximum Gasteiger partial charge on any atom is 0.256 e. The first-order valence-corrected chi connectivity index (χ1v) is 7.75. The molecule has 0 aliphatic heterocycles. The third kappa shape index (κ3) is 4.21. The standard InChI is InChI=1S/C20H16N4O/c1-14-4-2-6-16(10-14)20(25)24-19-9-8-18(13-22-19)23-17-7-3-5-15(11-17)12-21/h2-11,13,23H,1H3,(H,22,24,25). The number of aromatic nitrogens is 1. The second kappa shape index (κ2) is 7.28. The zero-order valence-corrected chi connectivity index (χ0v) is 13.7. The van der Waals surface area contributed by atoms with Crippen molar-refractivity contribution in [2.24, 2.45) is 0 Å². The predicted molar refractivity (Wildman–Crippen MR) is 97.8 cm³/mol. The Bertz CT molecular complexity index is 942. The Labute approximate surface area is 146 Å². The maximum absolute atomic E-state index is 12.2. The predicted octanol–water partition coefficient (Wildman–Crippen LogP) is 4.26. The van der Waals surface area contributed by atoms with E-state index in [-0.39, 0.29) is 5.91 Å². The molecule has 1 aromatic heterocycles. The molecule has 0 unspecified atom stereocenters. The molecule has 3 aromatic rings. The number of benzene rings is 2. The second-order valence-corrected chi connectivity index (χ2v) is 5.57. The number of pyridine rings is 1. The molecule has 0 spiro atoms. The van der Waals surface area contributed by atoms with Crippen molar-refractivity contribution < 1.29 is 4.79 Å². The second-order valence-electron chi connectivity index (χ2n) is 5.57. The fourth-order valence-electron chi connectivity index (χ4n) is 2.35. The normalized spacial score (nSPS) is 9.92. The van der Waals surface area contributed by atoms with Crippen molar-refractivity contribution in [1.82, 2.24) is 4.98 Å². The number of anilines is 3. The van der Waals surface area contributed by atoms with Gasteiger partial charge < -0.3 is 10.6 Å². The van der Waals surface area contributed by atoms with Crippen LogP contribution in [0.25, 0.3) is 0 Å². The van der Waals surface area contributed by atoms with Gasteiger partial charge in [-0.1, -0.05) is 23.8 Å². The van der Waals surface area contributed by atoms with Crippen LogP contribution in [0.3, 0.4) is 0 Å². The van der Waals surface area contributed by atoms with E-state index in [1.165, 1.54) is 0 Å². The molecule has 1 heterocycles. The summed E-state index contributed by atoms with van der Waals surface area (Å²) in [5.74, 6) is 0.279. The van der Waals surface area contributed by atoms with Gasteiger partial charge in [-0.25, -0.2) is 4.98 Å². The van der Waals surface area contributed by atoms with Crippen LogP contribution in [-0.2, 0) is 0 Å². The molecule has 0 saturated carbocycles. The number of aryl methyl sites for hydroxylation is 1. The van der Waals surface area contributed by atoms with Gasteiger partial charge in [0.2, 0.25) is 0 Å². The van der Waals surface area contributed by atoms with Crippen LogP contribution >= 0.6 is 0 Å². The molecule has 0 fully saturated rings. The highest BCUT2D eigenvalue weighted by atomic mass is 16.1. The zero-order chi connectivity index (χ0) is 17.6. The van der Waals surface area contributed by atoms with Gasteiger partial charge in [0, 0.05) is 11.3 Å². The number of carbonyl (C=O) groups is 1. The number of nitriles is 1. The van der Waals surface area contributed by atoms with Gasteiger partial charge in [0.1, 0.15) is 5.82 Å². The van der Waals surface area contributed by atoms with Gasteiger partial charge in [0.05, 0.1) is 23.5 Å². The van der Waals surface area contributed by atoms with Crippen LogP contribution in [-0.4, -0.2) is 10.9 Å². The topological polar surface area (TPSA) is 77.8 Å². The highest BCUT2D eigenvalue weighted by Crippen LogP contribution is 2.18. The van der Waals surface area contributed by atoms with Crippen LogP contribution < -0.4 is 10.6 Å². The van der Waals surface area contributed by atoms with Crippen LogP contribution in [0, 0.1) is 18.3 Å². The summed E-state index contributed by atoms with van der Waals surface area (Å²) < 4.78 is 0. The number of amides is 1. The summed E-state index contributed by atoms with van der Waals surface area (Å²) >= 11 is 0. The molecule has 0 bridgehead atoms. The summed E-state index contributed by atoms with van der Waals surface area (Å²) in [6.07, 6.45) is 1.63. The molecular formula is C20H16N4O. The first kappa shape index (κ1) is 16.2. The van der Waals surface area contributed by atoms with E-state index >= 15 is 0 Å². The third-order valence-corrected chi connectivity index (χ3v) is 3.57. The first-order chi connectivity index (χ1) is 12.1. The lowest BCUT2D eigenvalue weighted by Crippen LogP contribution is -2.13. The molecule has 0 saturated heterocycles. The van der Waals surface area contributed by atoms with Crippen LogP contribution in [0.15, 0.2) is 66.9 Å². The summed E-state index contributed by atoms with van der Waals surface area (Å²) in [5, 5.41) is 14.9. The van der Waals surface area contributed by atoms with Crippen molar-refractivity contribution in [3.05, 3.63) is 83.6 Å². The number of carbonyl (C=O) groups excluding carboxylic acids is 1. The molecular weight excluding hydrogens is 312 g/mol. The summed E-state index contributed by atoms with van der Waals surface area (Å²) in [6.45, 7) is 1.94. The van der Waals surface area contributed by atoms with Crippen molar-refractivity contribution in [3.63, 3.8) is 0 Å². The lowest BCUT2D eigenvalue weighted by atomic mass is 10.1. The van der Waals surface area contributed by atoms with E-state index in [0.717, 1.165) is 16.9 Å². The van der Waals surface area contributed by atoms with Gasteiger partial charge in [-0.15, -0.1) is 0 Å². The highest BCUT2D eigenvalue weighted by molar-refractivity contribution is 6.03. The van der Waals surface area contributed by atoms with E-state index in [1.807, 2.05) is 43.3 Å². The van der Waals surface area contributed by atoms with E-state index in [9.17, 15) is 4.79 Å². The Hall–Kier alpha value is -3.65. The first-order valence-electron chi connectivity index (χ1n) is 7.75. The van der Waals surface area contributed by atoms with Crippen LogP contribution in [0.1, 0.15) is 21.5 Å². The lowest BCUT2D eigenvalue weighted by molar-refractivity contribution is 0.102. The molecule has 0 aliphatic carbocycles. The molecule has 2 N–H and O–H groups in total. The van der Waals surface area contributed by atoms with Crippen molar-refractivity contribution in [1.29, 1.82) is 5.26 Å². The quantitative estimate of drug-likeness (QED) is 0.750. The molecule has 2 aromatic carbocycles. The lowest BCUT2D eigenvalue weighted by Gasteiger charge is -2.08. The van der Waals surface area contributed by atoms with Gasteiger partial charge in [0.25, 0.3) is 5.91 Å². The van der Waals surface area contributed by atoms with Gasteiger partial charge >= 0.3 is 0 Å². The monoisotopic (exact) mass is 328 g/mol. The average molecular weight is 328 g/mol. The van der Waals surface area contributed by atoms with E-state index in [2.05, 4.69) is 21.7 Å². The number of hydrogen-bond acceptors (Lipinski definition) is 4. The number of rotatable bonds is 4. The smallest absolute Gasteiger partial charge is 0.256 e. The Kier molecular flexibility index (Phi) is 4.72. The third-order valence-electron chi connectivity index (χ3n) is 3.57. The SMILES string of the molecule is Cc1cccc(C(=O)Nc2ccc(Nc3cccc(C#N)c3)cn2)c1. The molecule has 122 valence electrons. The molecule has 1 amide bonds. The number of hydrogen-bond donors (Lipinski definition) is 2. The molecule has 5 nitrogen and oxygen atoms in total. The van der Waals surface area contributed by atoms with Crippen LogP contribution in [0.4, 0.5) is 17.2 Å². The molecule has 0 radical (unpaired) electrons. The van der Waals surface area contributed by atoms with Crippen LogP contribution in [0.5, 0.6) is 0 Å². The minimum absolute atomic E-state index is 0.196. The highest BCUT2D eigenvalue weighted by Gasteiger charge is 2.07. The fraction of sp³-hybridized carbons (Fsp3) is 0.0500. The maximum atomic E-state index is 12.2. The minimum atomic E-state index is -0.196. The van der Waals surface area contributed by atoms with E-state index in [4.69, 9.17) is 5.26 Å². The molecule has 5 heteroatoms. The van der Waals surface area contributed by atoms with Crippen molar-refractivity contribution >= 4 is 23.1 Å². The average Bonchev–Trinajstić information content (AvgIpc) is 2.63. The minimum Gasteiger partial charge on any atom is -0.354 e. The Morgan fingerprint density at radius 1 is 1.04 bits per heavy atom. The number of nitrogens with one attached hydrogen (secondary N) is 2. The number of nitrogens with zero attached hydrogens (tertiary/aromatic N) is 2. The summed E-state index contributed by atoms with van der Waals surface area (Å²) in [7, 11) is 0. The van der Waals surface area contributed by atoms with E-state index in [0.29, 0.717) is 16.9 Å². The Balaban J connectivity index is 1.68. The molecule has 25 heavy (non-hydrogen) atoms. The van der Waals surface area contributed by atoms with E-state index in [1.54, 1.807) is 30.5 Å². The summed E-state index contributed by atoms with van der Waals surface area (Å²) in [5.41, 5.74) is 3.78. The molecule has 0 atom stereocenters. The van der Waals surface area contributed by atoms with Crippen molar-refractivity contribution in [2.75, 3.05) is 10.6 Å². The van der Waals surface area contributed by atoms with Gasteiger partial charge in [-0.3, -0.25) is 4.79 Å². The van der Waals surface area contributed by atoms with Gasteiger partial charge in [-0.2, -0.15) is 5.26 Å². The van der Waals surface area contributed by atoms with Crippen LogP contribution in [0.2, 0.25) is 0 Å². The van der Waals surface area contributed by atoms with Crippen molar-refractivity contribution in [3.8, 4) is 6.07 Å². The fourth-order valence-corrected chi connectivity index (χ4v) is 2.35. The molecule has 3 rings (SSSR count). The zero-order valence-electron chi connectivity index (χ0n) is 13.7. The largest absolute Gasteiger partial charge is 0.354 e. The van der Waals surface area contributed by atoms with Crippen molar-refractivity contribution in [2.45, 2.75) is 6.92 Å². The van der Waals surface area contributed by atoms with Gasteiger partial charge in [0.15, 0.2) is 0 Å². The van der Waals surface area contributed by atoms with E-state index < -0.39 is 0 Å². The summed E-state index contributed by atoms with van der Waals surface area (Å²) in [6, 6.07) is 20.2.